The Morgan fingerprint density at radius 3 is 2.19 bits per heavy atom. The molecule has 0 saturated carbocycles. The molecular formula is C22H15N3OS. The lowest BCUT2D eigenvalue weighted by Gasteiger charge is -2.09. The number of hydrogen-bond acceptors (Lipinski definition) is 4. The predicted molar refractivity (Wildman–Crippen MR) is 108 cm³/mol. The number of rotatable bonds is 4. The van der Waals surface area contributed by atoms with Crippen LogP contribution in [0.2, 0.25) is 0 Å². The van der Waals surface area contributed by atoms with Gasteiger partial charge in [-0.1, -0.05) is 60.7 Å². The molecule has 0 N–H and O–H groups in total. The van der Waals surface area contributed by atoms with E-state index in [-0.39, 0.29) is 0 Å². The summed E-state index contributed by atoms with van der Waals surface area (Å²) in [6.45, 7) is 0. The summed E-state index contributed by atoms with van der Waals surface area (Å²) in [6.07, 6.45) is 3.48. The van der Waals surface area contributed by atoms with E-state index >= 15 is 0 Å². The third-order valence-electron chi connectivity index (χ3n) is 4.32. The molecule has 5 aromatic rings. The summed E-state index contributed by atoms with van der Waals surface area (Å²) < 4.78 is 7.78. The molecule has 0 radical (unpaired) electrons. The van der Waals surface area contributed by atoms with Crippen LogP contribution in [-0.4, -0.2) is 14.5 Å². The van der Waals surface area contributed by atoms with Gasteiger partial charge in [0.1, 0.15) is 0 Å². The second-order valence-corrected chi connectivity index (χ2v) is 6.87. The summed E-state index contributed by atoms with van der Waals surface area (Å²) in [4.78, 5) is 9.54. The maximum absolute atomic E-state index is 5.69. The van der Waals surface area contributed by atoms with E-state index in [0.717, 1.165) is 33.5 Å². The van der Waals surface area contributed by atoms with E-state index in [0.29, 0.717) is 5.76 Å². The van der Waals surface area contributed by atoms with Crippen molar-refractivity contribution in [2.45, 2.75) is 0 Å². The van der Waals surface area contributed by atoms with Crippen LogP contribution in [0.3, 0.4) is 0 Å². The van der Waals surface area contributed by atoms with Crippen LogP contribution in [0.4, 0.5) is 0 Å². The maximum atomic E-state index is 5.69. The molecule has 0 aliphatic carbocycles. The van der Waals surface area contributed by atoms with Crippen LogP contribution < -0.4 is 0 Å². The summed E-state index contributed by atoms with van der Waals surface area (Å²) in [6, 6.07) is 24.3. The molecule has 0 spiro atoms. The highest BCUT2D eigenvalue weighted by molar-refractivity contribution is 7.12. The van der Waals surface area contributed by atoms with E-state index in [9.17, 15) is 0 Å². The standard InChI is InChI=1S/C22H15N3OS/c1-3-8-16(9-4-1)19-20(17-10-5-2-6-11-17)25(22-23-13-15-27-22)21(24-19)18-12-7-14-26-18/h1-15H. The number of imidazole rings is 1. The van der Waals surface area contributed by atoms with Gasteiger partial charge in [0.15, 0.2) is 16.7 Å². The zero-order chi connectivity index (χ0) is 18.1. The SMILES string of the molecule is c1ccc(-c2nc(-c3ccco3)n(-c3nccs3)c2-c2ccccc2)cc1. The van der Waals surface area contributed by atoms with Crippen LogP contribution in [0.15, 0.2) is 95.1 Å². The van der Waals surface area contributed by atoms with Gasteiger partial charge in [-0.3, -0.25) is 4.57 Å². The van der Waals surface area contributed by atoms with E-state index in [1.165, 1.54) is 0 Å². The quantitative estimate of drug-likeness (QED) is 0.395. The molecule has 0 saturated heterocycles. The van der Waals surface area contributed by atoms with Crippen LogP contribution in [0.25, 0.3) is 39.2 Å². The lowest BCUT2D eigenvalue weighted by molar-refractivity contribution is 0.576. The second-order valence-electron chi connectivity index (χ2n) is 5.99. The van der Waals surface area contributed by atoms with Gasteiger partial charge in [0, 0.05) is 22.7 Å². The third-order valence-corrected chi connectivity index (χ3v) is 5.08. The van der Waals surface area contributed by atoms with Crippen LogP contribution in [-0.2, 0) is 0 Å². The van der Waals surface area contributed by atoms with E-state index in [4.69, 9.17) is 9.40 Å². The molecule has 2 aromatic carbocycles. The molecule has 0 bridgehead atoms. The fraction of sp³-hybridized carbons (Fsp3) is 0. The number of nitrogens with zero attached hydrogens (tertiary/aromatic N) is 3. The Labute approximate surface area is 160 Å². The lowest BCUT2D eigenvalue weighted by atomic mass is 10.0. The monoisotopic (exact) mass is 369 g/mol. The summed E-state index contributed by atoms with van der Waals surface area (Å²) in [5, 5.41) is 2.83. The van der Waals surface area contributed by atoms with Crippen molar-refractivity contribution in [1.82, 2.24) is 14.5 Å². The highest BCUT2D eigenvalue weighted by Crippen LogP contribution is 2.38. The van der Waals surface area contributed by atoms with Gasteiger partial charge < -0.3 is 4.42 Å². The number of furan rings is 1. The van der Waals surface area contributed by atoms with Crippen molar-refractivity contribution < 1.29 is 4.42 Å². The normalized spacial score (nSPS) is 11.0. The van der Waals surface area contributed by atoms with Crippen LogP contribution in [0.1, 0.15) is 0 Å². The molecule has 4 nitrogen and oxygen atoms in total. The molecule has 0 amide bonds. The maximum Gasteiger partial charge on any atom is 0.195 e. The van der Waals surface area contributed by atoms with Crippen molar-refractivity contribution in [3.63, 3.8) is 0 Å². The van der Waals surface area contributed by atoms with Crippen molar-refractivity contribution in [2.24, 2.45) is 0 Å². The zero-order valence-electron chi connectivity index (χ0n) is 14.3. The average molecular weight is 369 g/mol. The van der Waals surface area contributed by atoms with Gasteiger partial charge in [-0.05, 0) is 12.1 Å². The molecule has 0 aliphatic rings. The number of hydrogen-bond donors (Lipinski definition) is 0. The molecule has 0 atom stereocenters. The molecule has 3 aromatic heterocycles. The number of benzene rings is 2. The number of aromatic nitrogens is 3. The zero-order valence-corrected chi connectivity index (χ0v) is 15.1. The highest BCUT2D eigenvalue weighted by atomic mass is 32.1. The van der Waals surface area contributed by atoms with Gasteiger partial charge >= 0.3 is 0 Å². The van der Waals surface area contributed by atoms with Crippen molar-refractivity contribution in [3.8, 4) is 39.2 Å². The van der Waals surface area contributed by atoms with E-state index in [1.807, 2.05) is 60.1 Å². The first kappa shape index (κ1) is 15.8. The average Bonchev–Trinajstić information content (AvgIpc) is 3.48. The molecule has 5 rings (SSSR count). The number of thiazole rings is 1. The molecular weight excluding hydrogens is 354 g/mol. The fourth-order valence-electron chi connectivity index (χ4n) is 3.16. The Kier molecular flexibility index (Phi) is 3.92. The van der Waals surface area contributed by atoms with Gasteiger partial charge in [0.05, 0.1) is 17.7 Å². The van der Waals surface area contributed by atoms with Crippen LogP contribution >= 0.6 is 11.3 Å². The largest absolute Gasteiger partial charge is 0.461 e. The molecule has 0 unspecified atom stereocenters. The van der Waals surface area contributed by atoms with Crippen molar-refractivity contribution in [1.29, 1.82) is 0 Å². The Morgan fingerprint density at radius 1 is 0.815 bits per heavy atom. The second kappa shape index (κ2) is 6.70. The Balaban J connectivity index is 1.88. The minimum absolute atomic E-state index is 0.713. The minimum atomic E-state index is 0.713. The summed E-state index contributed by atoms with van der Waals surface area (Å²) >= 11 is 1.57. The van der Waals surface area contributed by atoms with Gasteiger partial charge in [0.2, 0.25) is 0 Å². The van der Waals surface area contributed by atoms with Crippen molar-refractivity contribution in [3.05, 3.63) is 90.6 Å². The van der Waals surface area contributed by atoms with Gasteiger partial charge in [0.25, 0.3) is 0 Å². The van der Waals surface area contributed by atoms with Crippen molar-refractivity contribution >= 4 is 11.3 Å². The smallest absolute Gasteiger partial charge is 0.195 e. The summed E-state index contributed by atoms with van der Waals surface area (Å²) in [5.41, 5.74) is 4.04. The third kappa shape index (κ3) is 2.78. The van der Waals surface area contributed by atoms with E-state index in [1.54, 1.807) is 17.6 Å². The van der Waals surface area contributed by atoms with Gasteiger partial charge in [-0.15, -0.1) is 11.3 Å². The van der Waals surface area contributed by atoms with Crippen molar-refractivity contribution in [2.75, 3.05) is 0 Å². The van der Waals surface area contributed by atoms with Gasteiger partial charge in [-0.2, -0.15) is 0 Å². The first-order valence-electron chi connectivity index (χ1n) is 8.59. The Hall–Kier alpha value is -3.44. The topological polar surface area (TPSA) is 43.9 Å². The summed E-state index contributed by atoms with van der Waals surface area (Å²) in [7, 11) is 0. The molecule has 0 aliphatic heterocycles. The van der Waals surface area contributed by atoms with Crippen LogP contribution in [0, 0.1) is 0 Å². The minimum Gasteiger partial charge on any atom is -0.461 e. The van der Waals surface area contributed by atoms with Crippen LogP contribution in [0.5, 0.6) is 0 Å². The first-order chi connectivity index (χ1) is 13.4. The molecule has 130 valence electrons. The lowest BCUT2D eigenvalue weighted by Crippen LogP contribution is -1.99. The van der Waals surface area contributed by atoms with Gasteiger partial charge in [-0.25, -0.2) is 9.97 Å². The Bertz CT molecular complexity index is 1150. The molecule has 3 heterocycles. The molecule has 5 heteroatoms. The predicted octanol–water partition coefficient (Wildman–Crippen LogP) is 5.92. The molecule has 27 heavy (non-hydrogen) atoms. The van der Waals surface area contributed by atoms with E-state index < -0.39 is 0 Å². The highest BCUT2D eigenvalue weighted by Gasteiger charge is 2.24. The Morgan fingerprint density at radius 2 is 1.56 bits per heavy atom. The fourth-order valence-corrected chi connectivity index (χ4v) is 3.81. The van der Waals surface area contributed by atoms with E-state index in [2.05, 4.69) is 33.8 Å². The summed E-state index contributed by atoms with van der Waals surface area (Å²) in [5.74, 6) is 1.46. The molecule has 0 fully saturated rings. The first-order valence-corrected chi connectivity index (χ1v) is 9.47.